The highest BCUT2D eigenvalue weighted by Gasteiger charge is 2.03. The highest BCUT2D eigenvalue weighted by atomic mass is 35.5. The summed E-state index contributed by atoms with van der Waals surface area (Å²) in [7, 11) is 0. The van der Waals surface area contributed by atoms with Crippen LogP contribution in [0.15, 0.2) is 36.7 Å². The van der Waals surface area contributed by atoms with Crippen molar-refractivity contribution in [1.29, 1.82) is 0 Å². The van der Waals surface area contributed by atoms with E-state index in [9.17, 15) is 4.39 Å². The maximum atomic E-state index is 12.8. The summed E-state index contributed by atoms with van der Waals surface area (Å²) in [6.45, 7) is 0. The van der Waals surface area contributed by atoms with Crippen molar-refractivity contribution in [2.24, 2.45) is 0 Å². The summed E-state index contributed by atoms with van der Waals surface area (Å²) in [6.07, 6.45) is 3.32. The SMILES string of the molecule is Fc1ccc(Cl)c(-n2cccn2)c1. The maximum absolute atomic E-state index is 12.8. The van der Waals surface area contributed by atoms with Crippen LogP contribution in [0, 0.1) is 5.82 Å². The molecule has 1 aromatic heterocycles. The normalized spacial score (nSPS) is 10.3. The highest BCUT2D eigenvalue weighted by molar-refractivity contribution is 6.32. The summed E-state index contributed by atoms with van der Waals surface area (Å²) in [6, 6.07) is 5.92. The van der Waals surface area contributed by atoms with Crippen LogP contribution in [-0.2, 0) is 0 Å². The molecule has 0 radical (unpaired) electrons. The Hall–Kier alpha value is -1.35. The fourth-order valence-corrected chi connectivity index (χ4v) is 1.28. The minimum Gasteiger partial charge on any atom is -0.239 e. The van der Waals surface area contributed by atoms with Gasteiger partial charge in [0.15, 0.2) is 0 Å². The largest absolute Gasteiger partial charge is 0.239 e. The molecule has 0 aliphatic carbocycles. The molecule has 2 aromatic rings. The fraction of sp³-hybridized carbons (Fsp3) is 0. The first kappa shape index (κ1) is 8.26. The van der Waals surface area contributed by atoms with Crippen LogP contribution in [0.5, 0.6) is 0 Å². The molecule has 0 fully saturated rings. The predicted molar refractivity (Wildman–Crippen MR) is 48.5 cm³/mol. The van der Waals surface area contributed by atoms with Crippen LogP contribution in [0.2, 0.25) is 5.02 Å². The number of benzene rings is 1. The van der Waals surface area contributed by atoms with E-state index in [1.54, 1.807) is 18.5 Å². The number of halogens is 2. The first-order valence-corrected chi connectivity index (χ1v) is 4.10. The van der Waals surface area contributed by atoms with Crippen LogP contribution in [-0.4, -0.2) is 9.78 Å². The van der Waals surface area contributed by atoms with Gasteiger partial charge in [-0.3, -0.25) is 0 Å². The molecule has 0 N–H and O–H groups in total. The van der Waals surface area contributed by atoms with E-state index in [4.69, 9.17) is 11.6 Å². The van der Waals surface area contributed by atoms with Crippen molar-refractivity contribution in [1.82, 2.24) is 9.78 Å². The lowest BCUT2D eigenvalue weighted by Crippen LogP contribution is -1.95. The first-order chi connectivity index (χ1) is 6.27. The molecular formula is C9H6ClFN2. The van der Waals surface area contributed by atoms with Gasteiger partial charge in [-0.15, -0.1) is 0 Å². The summed E-state index contributed by atoms with van der Waals surface area (Å²) in [5.74, 6) is -0.324. The van der Waals surface area contributed by atoms with Gasteiger partial charge in [-0.05, 0) is 18.2 Å². The molecule has 0 spiro atoms. The van der Waals surface area contributed by atoms with Crippen molar-refractivity contribution in [3.05, 3.63) is 47.5 Å². The first-order valence-electron chi connectivity index (χ1n) is 3.72. The molecule has 2 nitrogen and oxygen atoms in total. The lowest BCUT2D eigenvalue weighted by molar-refractivity contribution is 0.625. The third kappa shape index (κ3) is 1.55. The van der Waals surface area contributed by atoms with Crippen molar-refractivity contribution in [2.75, 3.05) is 0 Å². The number of nitrogens with zero attached hydrogens (tertiary/aromatic N) is 2. The lowest BCUT2D eigenvalue weighted by Gasteiger charge is -2.03. The molecule has 0 saturated carbocycles. The highest BCUT2D eigenvalue weighted by Crippen LogP contribution is 2.20. The Morgan fingerprint density at radius 2 is 2.23 bits per heavy atom. The van der Waals surface area contributed by atoms with Gasteiger partial charge >= 0.3 is 0 Å². The molecule has 13 heavy (non-hydrogen) atoms. The van der Waals surface area contributed by atoms with E-state index in [0.717, 1.165) is 0 Å². The van der Waals surface area contributed by atoms with Crippen molar-refractivity contribution in [2.45, 2.75) is 0 Å². The van der Waals surface area contributed by atoms with Gasteiger partial charge in [-0.2, -0.15) is 5.10 Å². The molecule has 0 saturated heterocycles. The van der Waals surface area contributed by atoms with Crippen LogP contribution in [0.1, 0.15) is 0 Å². The van der Waals surface area contributed by atoms with E-state index >= 15 is 0 Å². The van der Waals surface area contributed by atoms with Crippen LogP contribution < -0.4 is 0 Å². The summed E-state index contributed by atoms with van der Waals surface area (Å²) >= 11 is 5.86. The second-order valence-corrected chi connectivity index (χ2v) is 2.95. The van der Waals surface area contributed by atoms with Gasteiger partial charge in [0, 0.05) is 18.5 Å². The van der Waals surface area contributed by atoms with Gasteiger partial charge in [-0.1, -0.05) is 11.6 Å². The minimum atomic E-state index is -0.324. The molecule has 0 unspecified atom stereocenters. The molecule has 2 rings (SSSR count). The van der Waals surface area contributed by atoms with Crippen molar-refractivity contribution in [3.63, 3.8) is 0 Å². The monoisotopic (exact) mass is 196 g/mol. The summed E-state index contributed by atoms with van der Waals surface area (Å²) in [5, 5.41) is 4.43. The molecule has 0 aliphatic heterocycles. The van der Waals surface area contributed by atoms with Gasteiger partial charge in [-0.25, -0.2) is 9.07 Å². The molecule has 1 heterocycles. The van der Waals surface area contributed by atoms with Crippen LogP contribution in [0.3, 0.4) is 0 Å². The number of hydrogen-bond acceptors (Lipinski definition) is 1. The van der Waals surface area contributed by atoms with Gasteiger partial charge in [0.2, 0.25) is 0 Å². The Balaban J connectivity index is 2.57. The van der Waals surface area contributed by atoms with Gasteiger partial charge in [0.1, 0.15) is 5.82 Å². The standard InChI is InChI=1S/C9H6ClFN2/c10-8-3-2-7(11)6-9(8)13-5-1-4-12-13/h1-6H. The summed E-state index contributed by atoms with van der Waals surface area (Å²) in [4.78, 5) is 0. The summed E-state index contributed by atoms with van der Waals surface area (Å²) in [5.41, 5.74) is 0.548. The zero-order chi connectivity index (χ0) is 9.26. The van der Waals surface area contributed by atoms with Gasteiger partial charge < -0.3 is 0 Å². The Bertz CT molecular complexity index is 412. The molecular weight excluding hydrogens is 191 g/mol. The van der Waals surface area contributed by atoms with Gasteiger partial charge in [0.05, 0.1) is 10.7 Å². The number of hydrogen-bond donors (Lipinski definition) is 0. The predicted octanol–water partition coefficient (Wildman–Crippen LogP) is 2.66. The van der Waals surface area contributed by atoms with Crippen molar-refractivity contribution < 1.29 is 4.39 Å². The van der Waals surface area contributed by atoms with Crippen LogP contribution >= 0.6 is 11.6 Å². The quantitative estimate of drug-likeness (QED) is 0.686. The second-order valence-electron chi connectivity index (χ2n) is 2.55. The molecule has 66 valence electrons. The average molecular weight is 197 g/mol. The Kier molecular flexibility index (Phi) is 2.02. The molecule has 0 atom stereocenters. The average Bonchev–Trinajstić information content (AvgIpc) is 2.61. The van der Waals surface area contributed by atoms with E-state index in [2.05, 4.69) is 5.10 Å². The zero-order valence-corrected chi connectivity index (χ0v) is 7.37. The second kappa shape index (κ2) is 3.18. The topological polar surface area (TPSA) is 17.8 Å². The van der Waals surface area contributed by atoms with E-state index < -0.39 is 0 Å². The third-order valence-corrected chi connectivity index (χ3v) is 1.98. The van der Waals surface area contributed by atoms with E-state index in [1.165, 1.54) is 22.9 Å². The third-order valence-electron chi connectivity index (χ3n) is 1.66. The maximum Gasteiger partial charge on any atom is 0.125 e. The van der Waals surface area contributed by atoms with Crippen molar-refractivity contribution >= 4 is 11.6 Å². The molecule has 1 aromatic carbocycles. The minimum absolute atomic E-state index is 0.324. The molecule has 0 aliphatic rings. The van der Waals surface area contributed by atoms with E-state index in [1.807, 2.05) is 0 Å². The van der Waals surface area contributed by atoms with Crippen LogP contribution in [0.25, 0.3) is 5.69 Å². The van der Waals surface area contributed by atoms with E-state index in [0.29, 0.717) is 10.7 Å². The van der Waals surface area contributed by atoms with Crippen molar-refractivity contribution in [3.8, 4) is 5.69 Å². The smallest absolute Gasteiger partial charge is 0.125 e. The Morgan fingerprint density at radius 1 is 1.38 bits per heavy atom. The Morgan fingerprint density at radius 3 is 2.92 bits per heavy atom. The zero-order valence-electron chi connectivity index (χ0n) is 6.61. The fourth-order valence-electron chi connectivity index (χ4n) is 1.07. The Labute approximate surface area is 79.6 Å². The molecule has 0 amide bonds. The number of rotatable bonds is 1. The number of aromatic nitrogens is 2. The molecule has 4 heteroatoms. The van der Waals surface area contributed by atoms with Gasteiger partial charge in [0.25, 0.3) is 0 Å². The van der Waals surface area contributed by atoms with E-state index in [-0.39, 0.29) is 5.82 Å². The van der Waals surface area contributed by atoms with Crippen LogP contribution in [0.4, 0.5) is 4.39 Å². The lowest BCUT2D eigenvalue weighted by atomic mass is 10.3. The summed E-state index contributed by atoms with van der Waals surface area (Å²) < 4.78 is 14.4. The molecule has 0 bridgehead atoms.